The first-order valence-corrected chi connectivity index (χ1v) is 8.10. The van der Waals surface area contributed by atoms with Crippen molar-refractivity contribution < 1.29 is 9.47 Å². The lowest BCUT2D eigenvalue weighted by Crippen LogP contribution is -1.98. The maximum absolute atomic E-state index is 5.98. The van der Waals surface area contributed by atoms with Gasteiger partial charge in [0, 0.05) is 24.2 Å². The fourth-order valence-electron chi connectivity index (χ4n) is 1.94. The highest BCUT2D eigenvalue weighted by Crippen LogP contribution is 2.33. The third-order valence-corrected chi connectivity index (χ3v) is 3.62. The van der Waals surface area contributed by atoms with Gasteiger partial charge < -0.3 is 14.8 Å². The molecule has 0 bridgehead atoms. The van der Waals surface area contributed by atoms with Crippen LogP contribution in [0.5, 0.6) is 11.5 Å². The van der Waals surface area contributed by atoms with Crippen LogP contribution < -0.4 is 14.8 Å². The standard InChI is InChI=1S/C14H14ClN3O2S/c1-21-14-17-12(15)8-13(18-14)16-9-3-4-10-11(7-9)20-6-2-5-19-10/h3-4,7-8H,2,5-6H2,1H3,(H,16,17,18). The smallest absolute Gasteiger partial charge is 0.190 e. The van der Waals surface area contributed by atoms with E-state index in [0.717, 1.165) is 23.6 Å². The summed E-state index contributed by atoms with van der Waals surface area (Å²) in [6.07, 6.45) is 2.79. The summed E-state index contributed by atoms with van der Waals surface area (Å²) in [5, 5.41) is 4.24. The first-order valence-electron chi connectivity index (χ1n) is 6.50. The summed E-state index contributed by atoms with van der Waals surface area (Å²) in [6, 6.07) is 7.39. The molecule has 0 saturated carbocycles. The molecule has 0 amide bonds. The molecule has 110 valence electrons. The lowest BCUT2D eigenvalue weighted by Gasteiger charge is -2.11. The molecule has 2 heterocycles. The zero-order valence-electron chi connectivity index (χ0n) is 11.4. The quantitative estimate of drug-likeness (QED) is 0.527. The Hall–Kier alpha value is -1.66. The predicted molar refractivity (Wildman–Crippen MR) is 84.2 cm³/mol. The Labute approximate surface area is 132 Å². The second-order valence-electron chi connectivity index (χ2n) is 4.40. The van der Waals surface area contributed by atoms with Crippen molar-refractivity contribution in [3.8, 4) is 11.5 Å². The van der Waals surface area contributed by atoms with E-state index in [1.807, 2.05) is 24.5 Å². The van der Waals surface area contributed by atoms with Crippen LogP contribution in [0.15, 0.2) is 29.4 Å². The normalized spacial score (nSPS) is 13.6. The molecule has 1 aliphatic heterocycles. The molecule has 0 spiro atoms. The van der Waals surface area contributed by atoms with E-state index in [1.54, 1.807) is 6.07 Å². The van der Waals surface area contributed by atoms with E-state index >= 15 is 0 Å². The predicted octanol–water partition coefficient (Wildman–Crippen LogP) is 3.76. The lowest BCUT2D eigenvalue weighted by atomic mass is 10.2. The highest BCUT2D eigenvalue weighted by Gasteiger charge is 2.11. The number of aromatic nitrogens is 2. The molecule has 5 nitrogen and oxygen atoms in total. The Morgan fingerprint density at radius 2 is 1.95 bits per heavy atom. The highest BCUT2D eigenvalue weighted by atomic mass is 35.5. The van der Waals surface area contributed by atoms with Crippen molar-refractivity contribution in [1.29, 1.82) is 0 Å². The van der Waals surface area contributed by atoms with Gasteiger partial charge in [-0.3, -0.25) is 0 Å². The van der Waals surface area contributed by atoms with Crippen LogP contribution >= 0.6 is 23.4 Å². The molecule has 3 rings (SSSR count). The summed E-state index contributed by atoms with van der Waals surface area (Å²) in [7, 11) is 0. The van der Waals surface area contributed by atoms with Gasteiger partial charge in [0.25, 0.3) is 0 Å². The van der Waals surface area contributed by atoms with Gasteiger partial charge in [0.15, 0.2) is 16.7 Å². The average molecular weight is 324 g/mol. The number of halogens is 1. The minimum Gasteiger partial charge on any atom is -0.490 e. The van der Waals surface area contributed by atoms with Crippen molar-refractivity contribution in [2.45, 2.75) is 11.6 Å². The maximum Gasteiger partial charge on any atom is 0.190 e. The number of hydrogen-bond donors (Lipinski definition) is 1. The van der Waals surface area contributed by atoms with Crippen LogP contribution in [0, 0.1) is 0 Å². The summed E-state index contributed by atoms with van der Waals surface area (Å²) in [4.78, 5) is 8.47. The van der Waals surface area contributed by atoms with Gasteiger partial charge in [0.1, 0.15) is 11.0 Å². The Morgan fingerprint density at radius 1 is 1.14 bits per heavy atom. The number of ether oxygens (including phenoxy) is 2. The number of rotatable bonds is 3. The zero-order valence-corrected chi connectivity index (χ0v) is 13.0. The molecular weight excluding hydrogens is 310 g/mol. The van der Waals surface area contributed by atoms with Gasteiger partial charge in [-0.1, -0.05) is 23.4 Å². The van der Waals surface area contributed by atoms with Crippen molar-refractivity contribution in [3.63, 3.8) is 0 Å². The molecule has 1 N–H and O–H groups in total. The average Bonchev–Trinajstić information content (AvgIpc) is 2.71. The molecule has 0 unspecified atom stereocenters. The van der Waals surface area contributed by atoms with Crippen LogP contribution in [-0.4, -0.2) is 29.4 Å². The van der Waals surface area contributed by atoms with E-state index in [1.165, 1.54) is 11.8 Å². The van der Waals surface area contributed by atoms with Crippen molar-refractivity contribution in [2.24, 2.45) is 0 Å². The SMILES string of the molecule is CSc1nc(Cl)cc(Nc2ccc3c(c2)OCCCO3)n1. The van der Waals surface area contributed by atoms with Crippen LogP contribution in [-0.2, 0) is 0 Å². The van der Waals surface area contributed by atoms with Crippen LogP contribution in [0.1, 0.15) is 6.42 Å². The lowest BCUT2D eigenvalue weighted by molar-refractivity contribution is 0.297. The Morgan fingerprint density at radius 3 is 2.76 bits per heavy atom. The first kappa shape index (κ1) is 14.3. The van der Waals surface area contributed by atoms with E-state index in [4.69, 9.17) is 21.1 Å². The van der Waals surface area contributed by atoms with E-state index in [-0.39, 0.29) is 0 Å². The number of nitrogens with zero attached hydrogens (tertiary/aromatic N) is 2. The van der Waals surface area contributed by atoms with Gasteiger partial charge in [0.05, 0.1) is 13.2 Å². The second kappa shape index (κ2) is 6.41. The Bertz CT molecular complexity index is 654. The Balaban J connectivity index is 1.85. The van der Waals surface area contributed by atoms with Gasteiger partial charge in [-0.2, -0.15) is 0 Å². The van der Waals surface area contributed by atoms with Crippen LogP contribution in [0.25, 0.3) is 0 Å². The van der Waals surface area contributed by atoms with Crippen molar-refractivity contribution >= 4 is 34.9 Å². The van der Waals surface area contributed by atoms with Crippen molar-refractivity contribution in [1.82, 2.24) is 9.97 Å². The molecule has 0 radical (unpaired) electrons. The van der Waals surface area contributed by atoms with Crippen LogP contribution in [0.3, 0.4) is 0 Å². The third kappa shape index (κ3) is 3.51. The number of benzene rings is 1. The first-order chi connectivity index (χ1) is 10.2. The minimum atomic E-state index is 0.409. The highest BCUT2D eigenvalue weighted by molar-refractivity contribution is 7.98. The van der Waals surface area contributed by atoms with E-state index in [0.29, 0.717) is 29.3 Å². The largest absolute Gasteiger partial charge is 0.490 e. The Kier molecular flexibility index (Phi) is 4.36. The fourth-order valence-corrected chi connectivity index (χ4v) is 2.55. The number of hydrogen-bond acceptors (Lipinski definition) is 6. The van der Waals surface area contributed by atoms with E-state index in [9.17, 15) is 0 Å². The molecule has 1 aromatic heterocycles. The second-order valence-corrected chi connectivity index (χ2v) is 5.56. The molecule has 0 atom stereocenters. The van der Waals surface area contributed by atoms with Gasteiger partial charge in [-0.25, -0.2) is 9.97 Å². The zero-order chi connectivity index (χ0) is 14.7. The van der Waals surface area contributed by atoms with E-state index < -0.39 is 0 Å². The molecule has 0 saturated heterocycles. The summed E-state index contributed by atoms with van der Waals surface area (Å²) >= 11 is 7.42. The maximum atomic E-state index is 5.98. The molecule has 1 aliphatic rings. The summed E-state index contributed by atoms with van der Waals surface area (Å²) < 4.78 is 11.3. The topological polar surface area (TPSA) is 56.3 Å². The number of nitrogens with one attached hydrogen (secondary N) is 1. The van der Waals surface area contributed by atoms with Crippen LogP contribution in [0.4, 0.5) is 11.5 Å². The monoisotopic (exact) mass is 323 g/mol. The number of fused-ring (bicyclic) bond motifs is 1. The molecule has 7 heteroatoms. The molecule has 21 heavy (non-hydrogen) atoms. The third-order valence-electron chi connectivity index (χ3n) is 2.88. The molecular formula is C14H14ClN3O2S. The molecule has 0 fully saturated rings. The number of thioether (sulfide) groups is 1. The van der Waals surface area contributed by atoms with Crippen molar-refractivity contribution in [3.05, 3.63) is 29.4 Å². The van der Waals surface area contributed by atoms with Crippen molar-refractivity contribution in [2.75, 3.05) is 24.8 Å². The van der Waals surface area contributed by atoms with Gasteiger partial charge in [-0.15, -0.1) is 0 Å². The number of anilines is 2. The minimum absolute atomic E-state index is 0.409. The summed E-state index contributed by atoms with van der Waals surface area (Å²) in [6.45, 7) is 1.34. The van der Waals surface area contributed by atoms with Gasteiger partial charge in [-0.05, 0) is 18.4 Å². The van der Waals surface area contributed by atoms with Gasteiger partial charge in [0.2, 0.25) is 0 Å². The van der Waals surface area contributed by atoms with E-state index in [2.05, 4.69) is 15.3 Å². The summed E-state index contributed by atoms with van der Waals surface area (Å²) in [5.74, 6) is 2.15. The molecule has 0 aliphatic carbocycles. The van der Waals surface area contributed by atoms with Crippen LogP contribution in [0.2, 0.25) is 5.15 Å². The molecule has 2 aromatic rings. The fraction of sp³-hybridized carbons (Fsp3) is 0.286. The molecule has 1 aromatic carbocycles. The summed E-state index contributed by atoms with van der Waals surface area (Å²) in [5.41, 5.74) is 0.862. The van der Waals surface area contributed by atoms with Gasteiger partial charge >= 0.3 is 0 Å².